The van der Waals surface area contributed by atoms with Crippen LogP contribution >= 0.6 is 24.0 Å². The molecule has 0 bridgehead atoms. The molecule has 142 valence electrons. The van der Waals surface area contributed by atoms with Gasteiger partial charge in [0.2, 0.25) is 0 Å². The molecule has 0 fully saturated rings. The van der Waals surface area contributed by atoms with E-state index in [4.69, 9.17) is 0 Å². The fraction of sp³-hybridized carbons (Fsp3) is 0.611. The number of hydrogen-bond donors (Lipinski definition) is 2. The number of fused-ring (bicyclic) bond motifs is 1. The van der Waals surface area contributed by atoms with E-state index in [-0.39, 0.29) is 29.7 Å². The maximum absolute atomic E-state index is 12.1. The SMILES string of the molecule is CN=C(NCCS(=O)(=O)C(C)(C)C)NC1CCc2ccccc2C1.I. The normalized spacial score (nSPS) is 18.1. The molecular weight excluding hydrogens is 449 g/mol. The smallest absolute Gasteiger partial charge is 0.191 e. The molecule has 1 aliphatic carbocycles. The van der Waals surface area contributed by atoms with Crippen molar-refractivity contribution in [2.24, 2.45) is 4.99 Å². The Morgan fingerprint density at radius 1 is 1.24 bits per heavy atom. The van der Waals surface area contributed by atoms with Crippen molar-refractivity contribution in [1.29, 1.82) is 0 Å². The summed E-state index contributed by atoms with van der Waals surface area (Å²) < 4.78 is 23.6. The highest BCUT2D eigenvalue weighted by molar-refractivity contribution is 14.0. The van der Waals surface area contributed by atoms with E-state index in [9.17, 15) is 8.42 Å². The molecule has 1 aromatic rings. The summed E-state index contributed by atoms with van der Waals surface area (Å²) in [6, 6.07) is 8.85. The summed E-state index contributed by atoms with van der Waals surface area (Å²) >= 11 is 0. The van der Waals surface area contributed by atoms with Gasteiger partial charge in [0.25, 0.3) is 0 Å². The van der Waals surface area contributed by atoms with Gasteiger partial charge in [-0.1, -0.05) is 24.3 Å². The lowest BCUT2D eigenvalue weighted by Crippen LogP contribution is -2.47. The molecule has 0 aromatic heterocycles. The first-order valence-corrected chi connectivity index (χ1v) is 10.1. The van der Waals surface area contributed by atoms with Crippen LogP contribution in [0.25, 0.3) is 0 Å². The molecule has 1 unspecified atom stereocenters. The predicted molar refractivity (Wildman–Crippen MR) is 116 cm³/mol. The number of aryl methyl sites for hydroxylation is 1. The lowest BCUT2D eigenvalue weighted by Gasteiger charge is -2.27. The monoisotopic (exact) mass is 479 g/mol. The average Bonchev–Trinajstić information content (AvgIpc) is 2.52. The minimum absolute atomic E-state index is 0. The Morgan fingerprint density at radius 2 is 1.88 bits per heavy atom. The summed E-state index contributed by atoms with van der Waals surface area (Å²) in [7, 11) is -1.41. The zero-order valence-corrected chi connectivity index (χ0v) is 18.6. The van der Waals surface area contributed by atoms with Crippen molar-refractivity contribution >= 4 is 39.8 Å². The third-order valence-corrected chi connectivity index (χ3v) is 7.12. The van der Waals surface area contributed by atoms with Crippen LogP contribution < -0.4 is 10.6 Å². The third kappa shape index (κ3) is 6.13. The molecule has 5 nitrogen and oxygen atoms in total. The molecule has 0 radical (unpaired) electrons. The number of halogens is 1. The van der Waals surface area contributed by atoms with Crippen LogP contribution in [-0.4, -0.2) is 44.5 Å². The quantitative estimate of drug-likeness (QED) is 0.396. The number of benzene rings is 1. The van der Waals surface area contributed by atoms with E-state index in [0.29, 0.717) is 18.5 Å². The third-order valence-electron chi connectivity index (χ3n) is 4.51. The van der Waals surface area contributed by atoms with Gasteiger partial charge < -0.3 is 10.6 Å². The summed E-state index contributed by atoms with van der Waals surface area (Å²) in [5, 5.41) is 6.54. The lowest BCUT2D eigenvalue weighted by atomic mass is 9.88. The largest absolute Gasteiger partial charge is 0.355 e. The zero-order valence-electron chi connectivity index (χ0n) is 15.5. The van der Waals surface area contributed by atoms with Crippen LogP contribution in [-0.2, 0) is 22.7 Å². The van der Waals surface area contributed by atoms with Gasteiger partial charge in [0.15, 0.2) is 15.8 Å². The van der Waals surface area contributed by atoms with Crippen molar-refractivity contribution in [1.82, 2.24) is 10.6 Å². The van der Waals surface area contributed by atoms with Crippen LogP contribution in [0.15, 0.2) is 29.3 Å². The van der Waals surface area contributed by atoms with Crippen molar-refractivity contribution in [2.45, 2.75) is 50.8 Å². The zero-order chi connectivity index (χ0) is 17.8. The first-order chi connectivity index (χ1) is 11.2. The van der Waals surface area contributed by atoms with Crippen LogP contribution in [0.1, 0.15) is 38.3 Å². The standard InChI is InChI=1S/C18H29N3O2S.HI/c1-18(2,3)24(22,23)12-11-20-17(19-4)21-16-10-9-14-7-5-6-8-15(14)13-16;/h5-8,16H,9-13H2,1-4H3,(H2,19,20,21);1H. The Kier molecular flexibility index (Phi) is 8.18. The predicted octanol–water partition coefficient (Wildman–Crippen LogP) is 2.54. The maximum atomic E-state index is 12.1. The molecule has 0 heterocycles. The second kappa shape index (κ2) is 9.21. The van der Waals surface area contributed by atoms with E-state index >= 15 is 0 Å². The molecule has 1 aromatic carbocycles. The Labute approximate surface area is 169 Å². The van der Waals surface area contributed by atoms with Gasteiger partial charge in [0.1, 0.15) is 0 Å². The average molecular weight is 479 g/mol. The number of hydrogen-bond acceptors (Lipinski definition) is 3. The van der Waals surface area contributed by atoms with Crippen LogP contribution in [0.5, 0.6) is 0 Å². The van der Waals surface area contributed by atoms with Gasteiger partial charge in [-0.15, -0.1) is 24.0 Å². The fourth-order valence-electron chi connectivity index (χ4n) is 2.82. The van der Waals surface area contributed by atoms with E-state index in [1.165, 1.54) is 11.1 Å². The summed E-state index contributed by atoms with van der Waals surface area (Å²) in [5.74, 6) is 0.772. The van der Waals surface area contributed by atoms with Gasteiger partial charge in [-0.3, -0.25) is 4.99 Å². The Morgan fingerprint density at radius 3 is 2.48 bits per heavy atom. The summed E-state index contributed by atoms with van der Waals surface area (Å²) in [6.45, 7) is 5.56. The highest BCUT2D eigenvalue weighted by Gasteiger charge is 2.28. The number of rotatable bonds is 4. The van der Waals surface area contributed by atoms with E-state index in [0.717, 1.165) is 19.3 Å². The molecular formula is C18H30IN3O2S. The molecule has 0 saturated heterocycles. The summed E-state index contributed by atoms with van der Waals surface area (Å²) in [5.41, 5.74) is 2.81. The maximum Gasteiger partial charge on any atom is 0.191 e. The molecule has 1 aliphatic rings. The molecule has 0 aliphatic heterocycles. The Bertz CT molecular complexity index is 697. The van der Waals surface area contributed by atoms with Gasteiger partial charge >= 0.3 is 0 Å². The second-order valence-corrected chi connectivity index (χ2v) is 10.1. The minimum atomic E-state index is -3.12. The Hall–Kier alpha value is -0.830. The molecule has 2 N–H and O–H groups in total. The number of guanidine groups is 1. The fourth-order valence-corrected chi connectivity index (χ4v) is 3.80. The molecule has 2 rings (SSSR count). The summed E-state index contributed by atoms with van der Waals surface area (Å²) in [6.07, 6.45) is 3.08. The lowest BCUT2D eigenvalue weighted by molar-refractivity contribution is 0.521. The van der Waals surface area contributed by atoms with E-state index in [2.05, 4.69) is 39.9 Å². The summed E-state index contributed by atoms with van der Waals surface area (Å²) in [4.78, 5) is 4.22. The van der Waals surface area contributed by atoms with Crippen LogP contribution in [0, 0.1) is 0 Å². The minimum Gasteiger partial charge on any atom is -0.355 e. The van der Waals surface area contributed by atoms with E-state index < -0.39 is 14.6 Å². The topological polar surface area (TPSA) is 70.6 Å². The number of nitrogens with zero attached hydrogens (tertiary/aromatic N) is 1. The van der Waals surface area contributed by atoms with Gasteiger partial charge in [0, 0.05) is 19.6 Å². The second-order valence-electron chi connectivity index (χ2n) is 7.28. The molecule has 1 atom stereocenters. The number of sulfone groups is 1. The van der Waals surface area contributed by atoms with E-state index in [1.54, 1.807) is 27.8 Å². The highest BCUT2D eigenvalue weighted by atomic mass is 127. The van der Waals surface area contributed by atoms with Crippen molar-refractivity contribution in [3.8, 4) is 0 Å². The number of aliphatic imine (C=N–C) groups is 1. The highest BCUT2D eigenvalue weighted by Crippen LogP contribution is 2.21. The molecule has 25 heavy (non-hydrogen) atoms. The van der Waals surface area contributed by atoms with Gasteiger partial charge in [-0.05, 0) is 51.2 Å². The van der Waals surface area contributed by atoms with Gasteiger partial charge in [-0.2, -0.15) is 0 Å². The van der Waals surface area contributed by atoms with Crippen molar-refractivity contribution in [2.75, 3.05) is 19.3 Å². The van der Waals surface area contributed by atoms with Gasteiger partial charge in [0.05, 0.1) is 10.5 Å². The van der Waals surface area contributed by atoms with Gasteiger partial charge in [-0.25, -0.2) is 8.42 Å². The first kappa shape index (κ1) is 22.2. The molecule has 0 spiro atoms. The molecule has 0 amide bonds. The molecule has 7 heteroatoms. The number of nitrogens with one attached hydrogen (secondary N) is 2. The molecule has 0 saturated carbocycles. The van der Waals surface area contributed by atoms with E-state index in [1.807, 2.05) is 0 Å². The van der Waals surface area contributed by atoms with Crippen molar-refractivity contribution in [3.63, 3.8) is 0 Å². The van der Waals surface area contributed by atoms with Crippen LogP contribution in [0.4, 0.5) is 0 Å². The van der Waals surface area contributed by atoms with Crippen LogP contribution in [0.3, 0.4) is 0 Å². The Balaban J connectivity index is 0.00000312. The first-order valence-electron chi connectivity index (χ1n) is 8.49. The van der Waals surface area contributed by atoms with Crippen molar-refractivity contribution in [3.05, 3.63) is 35.4 Å². The van der Waals surface area contributed by atoms with Crippen LogP contribution in [0.2, 0.25) is 0 Å². The van der Waals surface area contributed by atoms with Crippen molar-refractivity contribution < 1.29 is 8.42 Å².